The van der Waals surface area contributed by atoms with Gasteiger partial charge in [-0.15, -0.1) is 0 Å². The fraction of sp³-hybridized carbons (Fsp3) is 0.250. The van der Waals surface area contributed by atoms with E-state index in [0.717, 1.165) is 59.6 Å². The highest BCUT2D eigenvalue weighted by molar-refractivity contribution is 6.35. The lowest BCUT2D eigenvalue weighted by molar-refractivity contribution is 0.122. The van der Waals surface area contributed by atoms with Gasteiger partial charge in [0.15, 0.2) is 0 Å². The smallest absolute Gasteiger partial charge is 0.120 e. The standard InChI is InChI=1S/C24H23Cl3N2O2/c25-19-5-4-18(22(26)13-19)16-31-21-3-1-2-17(12-21)15-28-20-6-7-24(23(27)14-20)29-8-10-30-11-9-29/h1-7,12-14,28H,8-11,15-16H2. The molecule has 0 unspecified atom stereocenters. The second-order valence-corrected chi connectivity index (χ2v) is 8.54. The molecule has 1 N–H and O–H groups in total. The predicted molar refractivity (Wildman–Crippen MR) is 129 cm³/mol. The maximum absolute atomic E-state index is 6.53. The number of ether oxygens (including phenoxy) is 2. The quantitative estimate of drug-likeness (QED) is 0.412. The Morgan fingerprint density at radius 3 is 2.52 bits per heavy atom. The number of nitrogens with one attached hydrogen (secondary N) is 1. The molecule has 1 saturated heterocycles. The highest BCUT2D eigenvalue weighted by Gasteiger charge is 2.14. The first-order valence-electron chi connectivity index (χ1n) is 10.1. The van der Waals surface area contributed by atoms with Crippen LogP contribution in [-0.2, 0) is 17.9 Å². The van der Waals surface area contributed by atoms with Crippen LogP contribution in [0.5, 0.6) is 5.75 Å². The molecule has 3 aromatic carbocycles. The third kappa shape index (κ3) is 5.98. The highest BCUT2D eigenvalue weighted by atomic mass is 35.5. The summed E-state index contributed by atoms with van der Waals surface area (Å²) in [5.41, 5.74) is 4.02. The van der Waals surface area contributed by atoms with Crippen molar-refractivity contribution in [3.63, 3.8) is 0 Å². The van der Waals surface area contributed by atoms with Gasteiger partial charge in [-0.1, -0.05) is 53.0 Å². The van der Waals surface area contributed by atoms with E-state index < -0.39 is 0 Å². The van der Waals surface area contributed by atoms with E-state index in [-0.39, 0.29) is 0 Å². The Labute approximate surface area is 197 Å². The van der Waals surface area contributed by atoms with Gasteiger partial charge in [0.25, 0.3) is 0 Å². The lowest BCUT2D eigenvalue weighted by Crippen LogP contribution is -2.36. The van der Waals surface area contributed by atoms with Crippen LogP contribution in [0, 0.1) is 0 Å². The molecule has 162 valence electrons. The number of halogens is 3. The minimum Gasteiger partial charge on any atom is -0.489 e. The van der Waals surface area contributed by atoms with Gasteiger partial charge >= 0.3 is 0 Å². The van der Waals surface area contributed by atoms with Crippen molar-refractivity contribution >= 4 is 46.2 Å². The van der Waals surface area contributed by atoms with Crippen molar-refractivity contribution < 1.29 is 9.47 Å². The Morgan fingerprint density at radius 1 is 0.903 bits per heavy atom. The molecule has 1 fully saturated rings. The summed E-state index contributed by atoms with van der Waals surface area (Å²) in [4.78, 5) is 2.25. The summed E-state index contributed by atoms with van der Waals surface area (Å²) in [5, 5.41) is 5.38. The van der Waals surface area contributed by atoms with E-state index in [1.807, 2.05) is 36.4 Å². The van der Waals surface area contributed by atoms with Crippen LogP contribution in [0.2, 0.25) is 15.1 Å². The van der Waals surface area contributed by atoms with E-state index in [1.165, 1.54) is 0 Å². The Hall–Kier alpha value is -2.11. The lowest BCUT2D eigenvalue weighted by atomic mass is 10.2. The Kier molecular flexibility index (Phi) is 7.46. The summed E-state index contributed by atoms with van der Waals surface area (Å²) >= 11 is 18.7. The van der Waals surface area contributed by atoms with Crippen LogP contribution in [0.25, 0.3) is 0 Å². The fourth-order valence-electron chi connectivity index (χ4n) is 3.43. The molecule has 0 amide bonds. The number of rotatable bonds is 7. The van der Waals surface area contributed by atoms with Crippen LogP contribution in [0.1, 0.15) is 11.1 Å². The molecular formula is C24H23Cl3N2O2. The zero-order valence-corrected chi connectivity index (χ0v) is 19.2. The molecule has 0 atom stereocenters. The molecule has 0 aliphatic carbocycles. The zero-order valence-electron chi connectivity index (χ0n) is 16.9. The molecule has 1 aliphatic rings. The molecule has 7 heteroatoms. The van der Waals surface area contributed by atoms with E-state index in [4.69, 9.17) is 44.3 Å². The maximum atomic E-state index is 6.53. The van der Waals surface area contributed by atoms with Crippen molar-refractivity contribution in [1.29, 1.82) is 0 Å². The van der Waals surface area contributed by atoms with Crippen LogP contribution >= 0.6 is 34.8 Å². The summed E-state index contributed by atoms with van der Waals surface area (Å²) in [6, 6.07) is 19.5. The van der Waals surface area contributed by atoms with Crippen molar-refractivity contribution in [2.45, 2.75) is 13.2 Å². The van der Waals surface area contributed by atoms with E-state index in [2.05, 4.69) is 28.4 Å². The summed E-state index contributed by atoms with van der Waals surface area (Å²) in [5.74, 6) is 0.783. The molecular weight excluding hydrogens is 455 g/mol. The molecule has 31 heavy (non-hydrogen) atoms. The van der Waals surface area contributed by atoms with Crippen LogP contribution < -0.4 is 15.0 Å². The Bertz CT molecular complexity index is 1040. The highest BCUT2D eigenvalue weighted by Crippen LogP contribution is 2.30. The number of benzene rings is 3. The molecule has 3 aromatic rings. The first-order valence-corrected chi connectivity index (χ1v) is 11.2. The summed E-state index contributed by atoms with van der Waals surface area (Å²) in [6.07, 6.45) is 0. The van der Waals surface area contributed by atoms with E-state index >= 15 is 0 Å². The summed E-state index contributed by atoms with van der Waals surface area (Å²) < 4.78 is 11.3. The van der Waals surface area contributed by atoms with Gasteiger partial charge in [0.2, 0.25) is 0 Å². The molecule has 0 aromatic heterocycles. The van der Waals surface area contributed by atoms with Crippen LogP contribution in [-0.4, -0.2) is 26.3 Å². The van der Waals surface area contributed by atoms with Crippen LogP contribution in [0.3, 0.4) is 0 Å². The van der Waals surface area contributed by atoms with Gasteiger partial charge in [-0.25, -0.2) is 0 Å². The number of hydrogen-bond donors (Lipinski definition) is 1. The monoisotopic (exact) mass is 476 g/mol. The molecule has 4 rings (SSSR count). The predicted octanol–water partition coefficient (Wildman–Crippen LogP) is 6.67. The zero-order chi connectivity index (χ0) is 21.6. The molecule has 0 spiro atoms. The topological polar surface area (TPSA) is 33.7 Å². The van der Waals surface area contributed by atoms with Gasteiger partial charge in [-0.05, 0) is 48.0 Å². The van der Waals surface area contributed by atoms with Crippen molar-refractivity contribution in [1.82, 2.24) is 0 Å². The van der Waals surface area contributed by atoms with Gasteiger partial charge in [0, 0.05) is 40.9 Å². The molecule has 4 nitrogen and oxygen atoms in total. The minimum absolute atomic E-state index is 0.380. The second kappa shape index (κ2) is 10.5. The van der Waals surface area contributed by atoms with Gasteiger partial charge in [0.1, 0.15) is 12.4 Å². The van der Waals surface area contributed by atoms with Gasteiger partial charge in [-0.3, -0.25) is 0 Å². The Balaban J connectivity index is 1.35. The molecule has 0 bridgehead atoms. The minimum atomic E-state index is 0.380. The number of anilines is 2. The van der Waals surface area contributed by atoms with Crippen molar-refractivity contribution in [3.8, 4) is 5.75 Å². The average molecular weight is 478 g/mol. The van der Waals surface area contributed by atoms with Gasteiger partial charge < -0.3 is 19.7 Å². The van der Waals surface area contributed by atoms with Crippen molar-refractivity contribution in [2.24, 2.45) is 0 Å². The molecule has 1 heterocycles. The van der Waals surface area contributed by atoms with Crippen LogP contribution in [0.15, 0.2) is 60.7 Å². The normalized spacial score (nSPS) is 13.8. The Morgan fingerprint density at radius 2 is 1.74 bits per heavy atom. The molecule has 0 saturated carbocycles. The summed E-state index contributed by atoms with van der Waals surface area (Å²) in [7, 11) is 0. The lowest BCUT2D eigenvalue weighted by Gasteiger charge is -2.29. The SMILES string of the molecule is Clc1ccc(COc2cccc(CNc3ccc(N4CCOCC4)c(Cl)c3)c2)c(Cl)c1. The van der Waals surface area contributed by atoms with Gasteiger partial charge in [-0.2, -0.15) is 0 Å². The number of nitrogens with zero attached hydrogens (tertiary/aromatic N) is 1. The largest absolute Gasteiger partial charge is 0.489 e. The molecule has 1 aliphatic heterocycles. The maximum Gasteiger partial charge on any atom is 0.120 e. The van der Waals surface area contributed by atoms with E-state index in [9.17, 15) is 0 Å². The summed E-state index contributed by atoms with van der Waals surface area (Å²) in [6.45, 7) is 4.23. The van der Waals surface area contributed by atoms with Crippen molar-refractivity contribution in [3.05, 3.63) is 86.9 Å². The number of morpholine rings is 1. The van der Waals surface area contributed by atoms with Gasteiger partial charge in [0.05, 0.1) is 23.9 Å². The van der Waals surface area contributed by atoms with E-state index in [1.54, 1.807) is 6.07 Å². The van der Waals surface area contributed by atoms with Crippen LogP contribution in [0.4, 0.5) is 11.4 Å². The first-order chi connectivity index (χ1) is 15.1. The first kappa shape index (κ1) is 22.1. The second-order valence-electron chi connectivity index (χ2n) is 7.29. The fourth-order valence-corrected chi connectivity index (χ4v) is 4.19. The third-order valence-corrected chi connectivity index (χ3v) is 5.99. The molecule has 0 radical (unpaired) electrons. The van der Waals surface area contributed by atoms with Crippen molar-refractivity contribution in [2.75, 3.05) is 36.5 Å². The average Bonchev–Trinajstić information content (AvgIpc) is 2.78. The number of hydrogen-bond acceptors (Lipinski definition) is 4. The third-order valence-electron chi connectivity index (χ3n) is 5.10. The van der Waals surface area contributed by atoms with E-state index in [0.29, 0.717) is 23.2 Å².